The molecule has 0 bridgehead atoms. The van der Waals surface area contributed by atoms with Gasteiger partial charge in [-0.05, 0) is 54.9 Å². The highest BCUT2D eigenvalue weighted by Crippen LogP contribution is 2.27. The predicted octanol–water partition coefficient (Wildman–Crippen LogP) is 4.62. The van der Waals surface area contributed by atoms with E-state index in [0.717, 1.165) is 23.0 Å². The van der Waals surface area contributed by atoms with Gasteiger partial charge in [-0.1, -0.05) is 44.2 Å². The molecule has 0 atom stereocenters. The second-order valence-electron chi connectivity index (χ2n) is 7.59. The maximum absolute atomic E-state index is 13.3. The Morgan fingerprint density at radius 2 is 1.77 bits per heavy atom. The van der Waals surface area contributed by atoms with Crippen molar-refractivity contribution < 1.29 is 9.59 Å². The van der Waals surface area contributed by atoms with Gasteiger partial charge in [0.05, 0.1) is 5.69 Å². The van der Waals surface area contributed by atoms with Crippen LogP contribution in [0.25, 0.3) is 17.0 Å². The van der Waals surface area contributed by atoms with Crippen LogP contribution in [0.15, 0.2) is 60.3 Å². The molecule has 5 nitrogen and oxygen atoms in total. The molecule has 0 spiro atoms. The second-order valence-corrected chi connectivity index (χ2v) is 7.98. The van der Waals surface area contributed by atoms with Gasteiger partial charge in [-0.15, -0.1) is 0 Å². The standard InChI is InChI=1S/C24H23N3O2S/c1-4-26-14-17(19-7-5-6-8-21(19)26)13-20-22(28)25-24(30)27(23(20)29)18-11-9-16(10-12-18)15(2)3/h5-15H,4H2,1-3H3,(H,25,28,30). The number of nitrogens with zero attached hydrogens (tertiary/aromatic N) is 2. The van der Waals surface area contributed by atoms with Crippen molar-refractivity contribution >= 4 is 51.8 Å². The van der Waals surface area contributed by atoms with Crippen LogP contribution in [-0.2, 0) is 16.1 Å². The number of nitrogens with one attached hydrogen (secondary N) is 1. The fraction of sp³-hybridized carbons (Fsp3) is 0.208. The van der Waals surface area contributed by atoms with Crippen LogP contribution in [0.5, 0.6) is 0 Å². The van der Waals surface area contributed by atoms with Crippen molar-refractivity contribution in [3.63, 3.8) is 0 Å². The number of aryl methyl sites for hydroxylation is 1. The Balaban J connectivity index is 1.76. The molecule has 1 aliphatic rings. The van der Waals surface area contributed by atoms with E-state index in [0.29, 0.717) is 11.6 Å². The lowest BCUT2D eigenvalue weighted by molar-refractivity contribution is -0.122. The number of carbonyl (C=O) groups excluding carboxylic acids is 2. The fourth-order valence-corrected chi connectivity index (χ4v) is 3.99. The summed E-state index contributed by atoms with van der Waals surface area (Å²) < 4.78 is 2.10. The van der Waals surface area contributed by atoms with Crippen LogP contribution >= 0.6 is 12.2 Å². The number of para-hydroxylation sites is 1. The van der Waals surface area contributed by atoms with Crippen molar-refractivity contribution in [1.82, 2.24) is 9.88 Å². The molecular formula is C24H23N3O2S. The molecule has 152 valence electrons. The van der Waals surface area contributed by atoms with Crippen molar-refractivity contribution in [2.75, 3.05) is 4.90 Å². The molecule has 2 heterocycles. The molecule has 0 aliphatic carbocycles. The fourth-order valence-electron chi connectivity index (χ4n) is 3.71. The summed E-state index contributed by atoms with van der Waals surface area (Å²) in [5, 5.41) is 3.74. The van der Waals surface area contributed by atoms with E-state index in [-0.39, 0.29) is 10.7 Å². The van der Waals surface area contributed by atoms with E-state index in [4.69, 9.17) is 12.2 Å². The minimum Gasteiger partial charge on any atom is -0.347 e. The van der Waals surface area contributed by atoms with Gasteiger partial charge in [0.2, 0.25) is 0 Å². The number of amides is 2. The smallest absolute Gasteiger partial charge is 0.270 e. The van der Waals surface area contributed by atoms with E-state index in [1.165, 1.54) is 10.5 Å². The monoisotopic (exact) mass is 417 g/mol. The molecule has 3 aromatic rings. The molecule has 4 rings (SSSR count). The zero-order valence-corrected chi connectivity index (χ0v) is 18.0. The minimum atomic E-state index is -0.478. The van der Waals surface area contributed by atoms with Gasteiger partial charge in [0.15, 0.2) is 5.11 Å². The first kappa shape index (κ1) is 20.0. The molecule has 1 saturated heterocycles. The Labute approximate surface area is 181 Å². The molecule has 6 heteroatoms. The van der Waals surface area contributed by atoms with Crippen LogP contribution in [0.3, 0.4) is 0 Å². The van der Waals surface area contributed by atoms with E-state index in [2.05, 4.69) is 30.7 Å². The molecule has 1 N–H and O–H groups in total. The quantitative estimate of drug-likeness (QED) is 0.383. The zero-order valence-electron chi connectivity index (χ0n) is 17.2. The van der Waals surface area contributed by atoms with E-state index >= 15 is 0 Å². The van der Waals surface area contributed by atoms with E-state index in [1.54, 1.807) is 6.08 Å². The van der Waals surface area contributed by atoms with Gasteiger partial charge in [0, 0.05) is 29.2 Å². The van der Waals surface area contributed by atoms with E-state index < -0.39 is 11.8 Å². The summed E-state index contributed by atoms with van der Waals surface area (Å²) in [6, 6.07) is 15.6. The Kier molecular flexibility index (Phi) is 5.26. The topological polar surface area (TPSA) is 54.3 Å². The number of aromatic nitrogens is 1. The molecule has 30 heavy (non-hydrogen) atoms. The van der Waals surface area contributed by atoms with Crippen LogP contribution in [0.4, 0.5) is 5.69 Å². The van der Waals surface area contributed by atoms with Crippen LogP contribution in [-0.4, -0.2) is 21.5 Å². The lowest BCUT2D eigenvalue weighted by atomic mass is 10.0. The zero-order chi connectivity index (χ0) is 21.4. The lowest BCUT2D eigenvalue weighted by Crippen LogP contribution is -2.54. The number of thiocarbonyl (C=S) groups is 1. The number of benzene rings is 2. The molecule has 1 aromatic heterocycles. The maximum Gasteiger partial charge on any atom is 0.270 e. The molecule has 2 aromatic carbocycles. The van der Waals surface area contributed by atoms with Gasteiger partial charge in [-0.3, -0.25) is 19.8 Å². The van der Waals surface area contributed by atoms with Crippen LogP contribution in [0.1, 0.15) is 37.8 Å². The first-order valence-corrected chi connectivity index (χ1v) is 10.4. The Morgan fingerprint density at radius 3 is 2.43 bits per heavy atom. The van der Waals surface area contributed by atoms with E-state index in [1.807, 2.05) is 54.7 Å². The summed E-state index contributed by atoms with van der Waals surface area (Å²) in [6.07, 6.45) is 3.62. The first-order valence-electron chi connectivity index (χ1n) is 10.00. The van der Waals surface area contributed by atoms with Crippen molar-refractivity contribution in [1.29, 1.82) is 0 Å². The highest BCUT2D eigenvalue weighted by molar-refractivity contribution is 7.80. The number of hydrogen-bond donors (Lipinski definition) is 1. The van der Waals surface area contributed by atoms with E-state index in [9.17, 15) is 9.59 Å². The lowest BCUT2D eigenvalue weighted by Gasteiger charge is -2.29. The molecule has 2 amide bonds. The second kappa shape index (κ2) is 7.88. The summed E-state index contributed by atoms with van der Waals surface area (Å²) in [4.78, 5) is 27.3. The average Bonchev–Trinajstić information content (AvgIpc) is 3.09. The highest BCUT2D eigenvalue weighted by atomic mass is 32.1. The largest absolute Gasteiger partial charge is 0.347 e. The van der Waals surface area contributed by atoms with Gasteiger partial charge in [-0.2, -0.15) is 0 Å². The number of rotatable bonds is 4. The molecule has 1 fully saturated rings. The normalized spacial score (nSPS) is 16.1. The Morgan fingerprint density at radius 1 is 1.07 bits per heavy atom. The number of fused-ring (bicyclic) bond motifs is 1. The SMILES string of the molecule is CCn1cc(C=C2C(=O)NC(=S)N(c3ccc(C(C)C)cc3)C2=O)c2ccccc21. The number of carbonyl (C=O) groups is 2. The van der Waals surface area contributed by atoms with Crippen LogP contribution < -0.4 is 10.2 Å². The summed E-state index contributed by atoms with van der Waals surface area (Å²) in [5.74, 6) is -0.517. The summed E-state index contributed by atoms with van der Waals surface area (Å²) >= 11 is 5.31. The van der Waals surface area contributed by atoms with Crippen molar-refractivity contribution in [2.24, 2.45) is 0 Å². The Hall–Kier alpha value is -3.25. The molecular weight excluding hydrogens is 394 g/mol. The van der Waals surface area contributed by atoms with Crippen molar-refractivity contribution in [2.45, 2.75) is 33.2 Å². The minimum absolute atomic E-state index is 0.0653. The van der Waals surface area contributed by atoms with Gasteiger partial charge in [-0.25, -0.2) is 0 Å². The number of anilines is 1. The van der Waals surface area contributed by atoms with Gasteiger partial charge < -0.3 is 4.57 Å². The third kappa shape index (κ3) is 3.44. The first-order chi connectivity index (χ1) is 14.4. The third-order valence-electron chi connectivity index (χ3n) is 5.38. The number of hydrogen-bond acceptors (Lipinski definition) is 3. The summed E-state index contributed by atoms with van der Waals surface area (Å²) in [7, 11) is 0. The third-order valence-corrected chi connectivity index (χ3v) is 5.66. The van der Waals surface area contributed by atoms with Gasteiger partial charge >= 0.3 is 0 Å². The highest BCUT2D eigenvalue weighted by Gasteiger charge is 2.34. The van der Waals surface area contributed by atoms with Crippen molar-refractivity contribution in [3.05, 3.63) is 71.4 Å². The molecule has 0 unspecified atom stereocenters. The summed E-state index contributed by atoms with van der Waals surface area (Å²) in [5.41, 5.74) is 3.76. The van der Waals surface area contributed by atoms with Crippen LogP contribution in [0.2, 0.25) is 0 Å². The van der Waals surface area contributed by atoms with Gasteiger partial charge in [0.25, 0.3) is 11.8 Å². The van der Waals surface area contributed by atoms with Crippen molar-refractivity contribution in [3.8, 4) is 0 Å². The molecule has 0 saturated carbocycles. The molecule has 0 radical (unpaired) electrons. The maximum atomic E-state index is 13.3. The molecule has 1 aliphatic heterocycles. The predicted molar refractivity (Wildman–Crippen MR) is 124 cm³/mol. The average molecular weight is 418 g/mol. The Bertz CT molecular complexity index is 1190. The summed E-state index contributed by atoms with van der Waals surface area (Å²) in [6.45, 7) is 7.07. The van der Waals surface area contributed by atoms with Gasteiger partial charge in [0.1, 0.15) is 5.57 Å². The van der Waals surface area contributed by atoms with Crippen LogP contribution in [0, 0.1) is 0 Å².